The van der Waals surface area contributed by atoms with E-state index in [1.54, 1.807) is 9.96 Å². The number of rotatable bonds is 6. The van der Waals surface area contributed by atoms with Crippen LogP contribution >= 0.6 is 0 Å². The summed E-state index contributed by atoms with van der Waals surface area (Å²) in [4.78, 5) is 18.8. The van der Waals surface area contributed by atoms with Crippen LogP contribution < -0.4 is 4.40 Å². The van der Waals surface area contributed by atoms with E-state index in [9.17, 15) is 0 Å². The topological polar surface area (TPSA) is 69.6 Å². The molecular formula is C48H49GeIrN5O-2. The van der Waals surface area contributed by atoms with E-state index >= 15 is 0 Å². The Morgan fingerprint density at radius 2 is 1.59 bits per heavy atom. The van der Waals surface area contributed by atoms with E-state index in [2.05, 4.69) is 120 Å². The molecule has 0 spiro atoms. The van der Waals surface area contributed by atoms with Gasteiger partial charge < -0.3 is 14.0 Å². The molecule has 9 rings (SSSR count). The number of pyridine rings is 3. The summed E-state index contributed by atoms with van der Waals surface area (Å²) in [5, 5.41) is 1.99. The van der Waals surface area contributed by atoms with E-state index in [0.717, 1.165) is 67.3 Å². The maximum absolute atomic E-state index is 5.90. The quantitative estimate of drug-likeness (QED) is 0.123. The number of aromatic nitrogens is 5. The van der Waals surface area contributed by atoms with Gasteiger partial charge >= 0.3 is 137 Å². The van der Waals surface area contributed by atoms with E-state index in [-0.39, 0.29) is 25.5 Å². The zero-order chi connectivity index (χ0) is 38.3. The molecule has 3 aromatic carbocycles. The van der Waals surface area contributed by atoms with Gasteiger partial charge in [0.1, 0.15) is 11.3 Å². The number of furan rings is 1. The summed E-state index contributed by atoms with van der Waals surface area (Å²) in [5.41, 5.74) is 11.1. The minimum Gasteiger partial charge on any atom is 0 e. The predicted octanol–water partition coefficient (Wildman–Crippen LogP) is 11.6. The molecule has 8 aromatic rings. The standard InChI is InChI=1S/C28H23N4O.C20H26GeN.Ir/c1-17-13-23-24(16-29-17)32(20-11-9-19(10-12-20)28(2,3)4)26(31-23)18-14-22-21-7-5-6-8-25(21)33-27(22)30-15-18;1-21(2,3)19-15-22-20(17-11-5-4-6-12-17)14-18(19)13-16-9-7-8-10-16;/h5-14,16H,1-4H3;4-6,11,14-16H,7-10,13H2,1-3H3;/q2*-1;. The van der Waals surface area contributed by atoms with Crippen molar-refractivity contribution in [1.82, 2.24) is 24.5 Å². The van der Waals surface area contributed by atoms with Crippen LogP contribution in [0.15, 0.2) is 108 Å². The van der Waals surface area contributed by atoms with Gasteiger partial charge in [-0.25, -0.2) is 0 Å². The Labute approximate surface area is 346 Å². The molecule has 5 aromatic heterocycles. The van der Waals surface area contributed by atoms with Crippen molar-refractivity contribution >= 4 is 50.8 Å². The minimum atomic E-state index is -1.87. The van der Waals surface area contributed by atoms with Gasteiger partial charge in [0, 0.05) is 36.9 Å². The molecule has 1 aliphatic carbocycles. The van der Waals surface area contributed by atoms with Crippen LogP contribution in [-0.4, -0.2) is 37.8 Å². The molecule has 0 aliphatic heterocycles. The van der Waals surface area contributed by atoms with Crippen LogP contribution in [0.5, 0.6) is 0 Å². The number of fused-ring (bicyclic) bond motifs is 4. The van der Waals surface area contributed by atoms with Crippen molar-refractivity contribution < 1.29 is 24.5 Å². The maximum Gasteiger partial charge on any atom is 0 e. The van der Waals surface area contributed by atoms with Crippen LogP contribution in [0.4, 0.5) is 0 Å². The minimum absolute atomic E-state index is 0. The SMILES string of the molecule is Cc1cc2nc(-c3[c-]nc4oc5ccccc5c4c3)n(-c3ccc(C(C)(C)C)cc3)c2cn1.[CH3][Ge]([CH3])([CH3])[c]1cnc(-c2[c-]cccc2)cc1CC1CCCC1.[Ir]. The first-order valence-corrected chi connectivity index (χ1v) is 26.9. The third-order valence-corrected chi connectivity index (χ3v) is 15.2. The molecule has 0 saturated heterocycles. The predicted molar refractivity (Wildman–Crippen MR) is 229 cm³/mol. The first-order valence-electron chi connectivity index (χ1n) is 19.6. The summed E-state index contributed by atoms with van der Waals surface area (Å²) >= 11 is -1.87. The molecule has 0 N–H and O–H groups in total. The molecule has 0 atom stereocenters. The van der Waals surface area contributed by atoms with Crippen molar-refractivity contribution in [3.05, 3.63) is 132 Å². The molecule has 1 radical (unpaired) electrons. The van der Waals surface area contributed by atoms with Gasteiger partial charge in [0.25, 0.3) is 0 Å². The van der Waals surface area contributed by atoms with Crippen LogP contribution in [0.2, 0.25) is 17.3 Å². The number of para-hydroxylation sites is 1. The Hall–Kier alpha value is -4.43. The van der Waals surface area contributed by atoms with E-state index in [1.165, 1.54) is 37.7 Å². The molecule has 0 bridgehead atoms. The van der Waals surface area contributed by atoms with Crippen LogP contribution in [0, 0.1) is 25.1 Å². The van der Waals surface area contributed by atoms with Crippen molar-refractivity contribution in [3.63, 3.8) is 0 Å². The van der Waals surface area contributed by atoms with Gasteiger partial charge in [0.15, 0.2) is 0 Å². The fourth-order valence-corrected chi connectivity index (χ4v) is 11.2. The zero-order valence-corrected chi connectivity index (χ0v) is 37.9. The smallest absolute Gasteiger partial charge is 0 e. The van der Waals surface area contributed by atoms with Crippen molar-refractivity contribution in [2.24, 2.45) is 5.92 Å². The largest absolute Gasteiger partial charge is 0 e. The molecule has 8 heteroatoms. The van der Waals surface area contributed by atoms with E-state index in [0.29, 0.717) is 5.71 Å². The summed E-state index contributed by atoms with van der Waals surface area (Å²) in [7, 11) is 0. The number of hydrogen-bond donors (Lipinski definition) is 0. The van der Waals surface area contributed by atoms with Crippen LogP contribution in [-0.2, 0) is 31.9 Å². The van der Waals surface area contributed by atoms with Crippen molar-refractivity contribution in [2.75, 3.05) is 0 Å². The zero-order valence-electron chi connectivity index (χ0n) is 33.4. The maximum atomic E-state index is 5.90. The second-order valence-electron chi connectivity index (χ2n) is 17.1. The third kappa shape index (κ3) is 8.32. The van der Waals surface area contributed by atoms with E-state index < -0.39 is 13.3 Å². The first kappa shape index (κ1) is 39.8. The Morgan fingerprint density at radius 3 is 2.30 bits per heavy atom. The van der Waals surface area contributed by atoms with Crippen LogP contribution in [0.25, 0.3) is 61.4 Å². The molecule has 6 nitrogen and oxygen atoms in total. The van der Waals surface area contributed by atoms with E-state index in [1.807, 2.05) is 55.6 Å². The monoisotopic (exact) mass is 978 g/mol. The molecular weight excluding hydrogens is 927 g/mol. The molecule has 287 valence electrons. The van der Waals surface area contributed by atoms with Gasteiger partial charge in [-0.15, -0.1) is 6.07 Å². The van der Waals surface area contributed by atoms with Crippen molar-refractivity contribution in [2.45, 2.75) is 82.5 Å². The first-order chi connectivity index (χ1) is 26.4. The van der Waals surface area contributed by atoms with Crippen LogP contribution in [0.1, 0.15) is 63.3 Å². The fraction of sp³-hybridized carbons (Fsp3) is 0.292. The van der Waals surface area contributed by atoms with Gasteiger partial charge in [0.2, 0.25) is 0 Å². The summed E-state index contributed by atoms with van der Waals surface area (Å²) in [5.74, 6) is 9.09. The molecule has 1 saturated carbocycles. The molecule has 0 amide bonds. The van der Waals surface area contributed by atoms with Gasteiger partial charge in [-0.2, -0.15) is 0 Å². The van der Waals surface area contributed by atoms with Gasteiger partial charge in [-0.05, 0) is 53.8 Å². The molecule has 1 fully saturated rings. The summed E-state index contributed by atoms with van der Waals surface area (Å²) < 4.78 is 9.62. The number of benzene rings is 3. The van der Waals surface area contributed by atoms with E-state index in [4.69, 9.17) is 14.4 Å². The fourth-order valence-electron chi connectivity index (χ4n) is 7.87. The van der Waals surface area contributed by atoms with Gasteiger partial charge in [0.05, 0.1) is 23.1 Å². The average Bonchev–Trinajstić information content (AvgIpc) is 3.92. The summed E-state index contributed by atoms with van der Waals surface area (Å²) in [6.07, 6.45) is 14.1. The Morgan fingerprint density at radius 1 is 0.839 bits per heavy atom. The van der Waals surface area contributed by atoms with Crippen molar-refractivity contribution in [1.29, 1.82) is 0 Å². The number of imidazole rings is 1. The summed E-state index contributed by atoms with van der Waals surface area (Å²) in [6.45, 7) is 8.64. The second-order valence-corrected chi connectivity index (χ2v) is 27.7. The number of nitrogens with zero attached hydrogens (tertiary/aromatic N) is 5. The molecule has 1 aliphatic rings. The number of aryl methyl sites for hydroxylation is 1. The molecule has 5 heterocycles. The molecule has 56 heavy (non-hydrogen) atoms. The van der Waals surface area contributed by atoms with Gasteiger partial charge in [-0.3, -0.25) is 9.97 Å². The number of hydrogen-bond acceptors (Lipinski definition) is 5. The Kier molecular flexibility index (Phi) is 11.5. The Balaban J connectivity index is 0.000000183. The van der Waals surface area contributed by atoms with Gasteiger partial charge in [-0.1, -0.05) is 56.7 Å². The normalized spacial score (nSPS) is 13.6. The third-order valence-electron chi connectivity index (χ3n) is 10.9. The van der Waals surface area contributed by atoms with Crippen molar-refractivity contribution in [3.8, 4) is 28.3 Å². The molecule has 0 unspecified atom stereocenters. The summed E-state index contributed by atoms with van der Waals surface area (Å²) in [6, 6.07) is 34.5. The van der Waals surface area contributed by atoms with Crippen LogP contribution in [0.3, 0.4) is 0 Å². The average molecular weight is 977 g/mol. The Bertz CT molecular complexity index is 2610. The second kappa shape index (κ2) is 16.2.